The van der Waals surface area contributed by atoms with Crippen molar-refractivity contribution in [2.75, 3.05) is 12.8 Å². The summed E-state index contributed by atoms with van der Waals surface area (Å²) in [5.41, 5.74) is 0.154. The van der Waals surface area contributed by atoms with Crippen LogP contribution >= 0.6 is 11.8 Å². The van der Waals surface area contributed by atoms with Gasteiger partial charge in [-0.2, -0.15) is 0 Å². The zero-order valence-electron chi connectivity index (χ0n) is 9.76. The summed E-state index contributed by atoms with van der Waals surface area (Å²) in [6.45, 7) is 0. The summed E-state index contributed by atoms with van der Waals surface area (Å²) in [5.74, 6) is 1.85. The Morgan fingerprint density at radius 2 is 2.12 bits per heavy atom. The molecule has 1 N–H and O–H groups in total. The third-order valence-electron chi connectivity index (χ3n) is 3.04. The fraction of sp³-hybridized carbons (Fsp3) is 0.500. The third kappa shape index (κ3) is 3.44. The lowest BCUT2D eigenvalue weighted by Crippen LogP contribution is -2.29. The summed E-state index contributed by atoms with van der Waals surface area (Å²) in [4.78, 5) is 11.2. The topological polar surface area (TPSA) is 55.2 Å². The first-order chi connectivity index (χ1) is 8.20. The number of benzene rings is 1. The third-order valence-corrected chi connectivity index (χ3v) is 4.17. The number of hydrogen-bond donors (Lipinski definition) is 1. The number of hydrogen-bond acceptors (Lipinski definition) is 4. The zero-order valence-corrected chi connectivity index (χ0v) is 10.6. The lowest BCUT2D eigenvalue weighted by atomic mass is 10.2. The normalized spacial score (nSPS) is 16.8. The number of nitro benzene ring substituents is 1. The molecule has 0 saturated heterocycles. The van der Waals surface area contributed by atoms with Gasteiger partial charge < -0.3 is 5.32 Å². The van der Waals surface area contributed by atoms with Gasteiger partial charge in [-0.1, -0.05) is 0 Å². The van der Waals surface area contributed by atoms with E-state index in [0.717, 1.165) is 16.6 Å². The van der Waals surface area contributed by atoms with Gasteiger partial charge in [0.15, 0.2) is 0 Å². The van der Waals surface area contributed by atoms with Crippen LogP contribution in [-0.4, -0.2) is 23.8 Å². The Bertz CT molecular complexity index is 390. The molecule has 1 unspecified atom stereocenters. The van der Waals surface area contributed by atoms with E-state index >= 15 is 0 Å². The quantitative estimate of drug-likeness (QED) is 0.480. The van der Waals surface area contributed by atoms with Gasteiger partial charge in [-0.25, -0.2) is 0 Å². The van der Waals surface area contributed by atoms with Gasteiger partial charge in [-0.15, -0.1) is 11.8 Å². The molecule has 0 radical (unpaired) electrons. The van der Waals surface area contributed by atoms with E-state index in [2.05, 4.69) is 5.32 Å². The smallest absolute Gasteiger partial charge is 0.269 e. The second kappa shape index (κ2) is 5.51. The van der Waals surface area contributed by atoms with Crippen LogP contribution in [0.3, 0.4) is 0 Å². The van der Waals surface area contributed by atoms with Crippen LogP contribution in [0.4, 0.5) is 5.69 Å². The van der Waals surface area contributed by atoms with Gasteiger partial charge in [-0.3, -0.25) is 10.1 Å². The van der Waals surface area contributed by atoms with E-state index in [1.807, 2.05) is 19.2 Å². The molecule has 4 nitrogen and oxygen atoms in total. The molecule has 1 aromatic rings. The molecule has 0 amide bonds. The van der Waals surface area contributed by atoms with Gasteiger partial charge in [0.2, 0.25) is 0 Å². The standard InChI is InChI=1S/C12H16N2O2S/c1-13-12(9-2-3-9)8-17-11-6-4-10(5-7-11)14(15)16/h4-7,9,12-13H,2-3,8H2,1H3. The summed E-state index contributed by atoms with van der Waals surface area (Å²) >= 11 is 1.76. The molecule has 1 aromatic carbocycles. The highest BCUT2D eigenvalue weighted by molar-refractivity contribution is 7.99. The predicted octanol–water partition coefficient (Wildman–Crippen LogP) is 2.68. The summed E-state index contributed by atoms with van der Waals surface area (Å²) in [7, 11) is 2.00. The lowest BCUT2D eigenvalue weighted by Gasteiger charge is -2.14. The van der Waals surface area contributed by atoms with Gasteiger partial charge in [0.1, 0.15) is 0 Å². The Hall–Kier alpha value is -1.07. The molecule has 5 heteroatoms. The monoisotopic (exact) mass is 252 g/mol. The predicted molar refractivity (Wildman–Crippen MR) is 69.4 cm³/mol. The minimum Gasteiger partial charge on any atom is -0.316 e. The Kier molecular flexibility index (Phi) is 4.02. The van der Waals surface area contributed by atoms with Crippen molar-refractivity contribution >= 4 is 17.4 Å². The van der Waals surface area contributed by atoms with E-state index in [-0.39, 0.29) is 10.6 Å². The van der Waals surface area contributed by atoms with Crippen molar-refractivity contribution in [2.24, 2.45) is 5.92 Å². The maximum Gasteiger partial charge on any atom is 0.269 e. The molecule has 17 heavy (non-hydrogen) atoms. The SMILES string of the molecule is CNC(CSc1ccc([N+](=O)[O-])cc1)C1CC1. The number of nitrogens with zero attached hydrogens (tertiary/aromatic N) is 1. The zero-order chi connectivity index (χ0) is 12.3. The first-order valence-electron chi connectivity index (χ1n) is 5.75. The summed E-state index contributed by atoms with van der Waals surface area (Å²) in [5, 5.41) is 13.8. The molecule has 0 aliphatic heterocycles. The van der Waals surface area contributed by atoms with Crippen molar-refractivity contribution in [3.05, 3.63) is 34.4 Å². The molecule has 1 aliphatic rings. The average Bonchev–Trinajstić information content (AvgIpc) is 3.15. The number of rotatable bonds is 6. The number of thioether (sulfide) groups is 1. The van der Waals surface area contributed by atoms with E-state index in [0.29, 0.717) is 6.04 Å². The summed E-state index contributed by atoms with van der Waals surface area (Å²) in [6.07, 6.45) is 2.65. The van der Waals surface area contributed by atoms with Crippen LogP contribution < -0.4 is 5.32 Å². The van der Waals surface area contributed by atoms with Gasteiger partial charge in [0.05, 0.1) is 4.92 Å². The molecule has 0 bridgehead atoms. The van der Waals surface area contributed by atoms with Gasteiger partial charge in [0, 0.05) is 28.8 Å². The van der Waals surface area contributed by atoms with Crippen molar-refractivity contribution in [3.63, 3.8) is 0 Å². The Balaban J connectivity index is 1.87. The molecule has 0 aromatic heterocycles. The first kappa shape index (κ1) is 12.4. The largest absolute Gasteiger partial charge is 0.316 e. The summed E-state index contributed by atoms with van der Waals surface area (Å²) in [6, 6.07) is 7.34. The molecule has 0 spiro atoms. The van der Waals surface area contributed by atoms with Crippen LogP contribution in [0.1, 0.15) is 12.8 Å². The minimum atomic E-state index is -0.366. The fourth-order valence-corrected chi connectivity index (χ4v) is 2.94. The number of nitro groups is 1. The number of non-ortho nitro benzene ring substituents is 1. The highest BCUT2D eigenvalue weighted by Gasteiger charge is 2.29. The molecule has 0 heterocycles. The molecular weight excluding hydrogens is 236 g/mol. The van der Waals surface area contributed by atoms with Crippen LogP contribution in [0.25, 0.3) is 0 Å². The molecule has 92 valence electrons. The van der Waals surface area contributed by atoms with E-state index in [4.69, 9.17) is 0 Å². The van der Waals surface area contributed by atoms with Crippen molar-refractivity contribution in [3.8, 4) is 0 Å². The van der Waals surface area contributed by atoms with Crippen LogP contribution in [-0.2, 0) is 0 Å². The summed E-state index contributed by atoms with van der Waals surface area (Å²) < 4.78 is 0. The number of nitrogens with one attached hydrogen (secondary N) is 1. The molecule has 1 saturated carbocycles. The van der Waals surface area contributed by atoms with E-state index < -0.39 is 0 Å². The molecule has 1 atom stereocenters. The van der Waals surface area contributed by atoms with Gasteiger partial charge >= 0.3 is 0 Å². The highest BCUT2D eigenvalue weighted by Crippen LogP contribution is 2.35. The van der Waals surface area contributed by atoms with E-state index in [1.54, 1.807) is 23.9 Å². The van der Waals surface area contributed by atoms with Crippen molar-refractivity contribution in [2.45, 2.75) is 23.8 Å². The Morgan fingerprint density at radius 3 is 2.59 bits per heavy atom. The van der Waals surface area contributed by atoms with Crippen LogP contribution in [0.15, 0.2) is 29.2 Å². The minimum absolute atomic E-state index is 0.154. The van der Waals surface area contributed by atoms with Crippen LogP contribution in [0, 0.1) is 16.0 Å². The molecule has 1 aliphatic carbocycles. The average molecular weight is 252 g/mol. The molecule has 2 rings (SSSR count). The van der Waals surface area contributed by atoms with Crippen LogP contribution in [0.2, 0.25) is 0 Å². The maximum atomic E-state index is 10.5. The lowest BCUT2D eigenvalue weighted by molar-refractivity contribution is -0.384. The first-order valence-corrected chi connectivity index (χ1v) is 6.74. The second-order valence-electron chi connectivity index (χ2n) is 4.29. The second-order valence-corrected chi connectivity index (χ2v) is 5.39. The maximum absolute atomic E-state index is 10.5. The van der Waals surface area contributed by atoms with E-state index in [9.17, 15) is 10.1 Å². The van der Waals surface area contributed by atoms with Gasteiger partial charge in [-0.05, 0) is 37.9 Å². The van der Waals surface area contributed by atoms with Crippen molar-refractivity contribution in [1.29, 1.82) is 0 Å². The van der Waals surface area contributed by atoms with Crippen molar-refractivity contribution in [1.82, 2.24) is 5.32 Å². The van der Waals surface area contributed by atoms with E-state index in [1.165, 1.54) is 12.8 Å². The van der Waals surface area contributed by atoms with Crippen LogP contribution in [0.5, 0.6) is 0 Å². The fourth-order valence-electron chi connectivity index (χ4n) is 1.80. The van der Waals surface area contributed by atoms with Crippen molar-refractivity contribution < 1.29 is 4.92 Å². The van der Waals surface area contributed by atoms with Gasteiger partial charge in [0.25, 0.3) is 5.69 Å². The molecule has 1 fully saturated rings. The molecular formula is C12H16N2O2S. The highest BCUT2D eigenvalue weighted by atomic mass is 32.2. The Labute approximate surface area is 105 Å². The Morgan fingerprint density at radius 1 is 1.47 bits per heavy atom.